The lowest BCUT2D eigenvalue weighted by molar-refractivity contribution is -0.118. The second kappa shape index (κ2) is 6.16. The van der Waals surface area contributed by atoms with Crippen molar-refractivity contribution in [3.63, 3.8) is 0 Å². The Bertz CT molecular complexity index is 524. The zero-order valence-electron chi connectivity index (χ0n) is 12.6. The molecule has 0 bridgehead atoms. The molecule has 0 radical (unpaired) electrons. The van der Waals surface area contributed by atoms with Crippen molar-refractivity contribution in [2.45, 2.75) is 51.2 Å². The number of fused-ring (bicyclic) bond motifs is 1. The molecular weight excluding hydrogens is 264 g/mol. The highest BCUT2D eigenvalue weighted by atomic mass is 16.3. The van der Waals surface area contributed by atoms with Gasteiger partial charge >= 0.3 is 0 Å². The average Bonchev–Trinajstić information content (AvgIpc) is 3.15. The van der Waals surface area contributed by atoms with Gasteiger partial charge in [0.2, 0.25) is 5.91 Å². The normalized spacial score (nSPS) is 22.4. The lowest BCUT2D eigenvalue weighted by Crippen LogP contribution is -2.29. The monoisotopic (exact) mass is 288 g/mol. The fourth-order valence-corrected chi connectivity index (χ4v) is 3.43. The number of hydrogen-bond acceptors (Lipinski definition) is 3. The minimum absolute atomic E-state index is 0.169. The predicted molar refractivity (Wildman–Crippen MR) is 83.4 cm³/mol. The summed E-state index contributed by atoms with van der Waals surface area (Å²) in [5, 5.41) is 13.8. The fourth-order valence-electron chi connectivity index (χ4n) is 3.43. The van der Waals surface area contributed by atoms with Crippen molar-refractivity contribution in [1.29, 1.82) is 0 Å². The van der Waals surface area contributed by atoms with Crippen LogP contribution < -0.4 is 10.2 Å². The van der Waals surface area contributed by atoms with E-state index in [0.29, 0.717) is 6.42 Å². The van der Waals surface area contributed by atoms with Crippen molar-refractivity contribution in [2.75, 3.05) is 18.0 Å². The summed E-state index contributed by atoms with van der Waals surface area (Å²) in [6.07, 6.45) is 4.09. The van der Waals surface area contributed by atoms with Crippen LogP contribution in [0.15, 0.2) is 18.2 Å². The second-order valence-electron chi connectivity index (χ2n) is 6.08. The van der Waals surface area contributed by atoms with Gasteiger partial charge in [-0.25, -0.2) is 0 Å². The Balaban J connectivity index is 1.78. The molecule has 21 heavy (non-hydrogen) atoms. The van der Waals surface area contributed by atoms with Crippen LogP contribution in [0.3, 0.4) is 0 Å². The van der Waals surface area contributed by atoms with Crippen LogP contribution in [0, 0.1) is 0 Å². The van der Waals surface area contributed by atoms with Gasteiger partial charge in [0.15, 0.2) is 0 Å². The summed E-state index contributed by atoms with van der Waals surface area (Å²) >= 11 is 0. The predicted octanol–water partition coefficient (Wildman–Crippen LogP) is 2.16. The number of nitrogens with one attached hydrogen (secondary N) is 1. The highest BCUT2D eigenvalue weighted by Gasteiger charge is 2.27. The Hall–Kier alpha value is -1.39. The summed E-state index contributed by atoms with van der Waals surface area (Å²) in [5.41, 5.74) is 3.19. The highest BCUT2D eigenvalue weighted by Crippen LogP contribution is 2.32. The molecule has 0 spiro atoms. The molecule has 1 aromatic carbocycles. The average molecular weight is 288 g/mol. The third-order valence-corrected chi connectivity index (χ3v) is 4.59. The molecule has 114 valence electrons. The maximum atomic E-state index is 12.1. The molecule has 0 aromatic heterocycles. The molecule has 2 aliphatic rings. The zero-order chi connectivity index (χ0) is 14.8. The number of aliphatic hydroxyl groups is 1. The third-order valence-electron chi connectivity index (χ3n) is 4.59. The molecule has 2 aliphatic heterocycles. The van der Waals surface area contributed by atoms with E-state index in [0.717, 1.165) is 50.0 Å². The highest BCUT2D eigenvalue weighted by molar-refractivity contribution is 5.95. The van der Waals surface area contributed by atoms with E-state index in [-0.39, 0.29) is 11.9 Å². The number of hydrogen-bond donors (Lipinski definition) is 2. The number of carbonyl (C=O) groups is 1. The van der Waals surface area contributed by atoms with Gasteiger partial charge in [0.1, 0.15) is 0 Å². The summed E-state index contributed by atoms with van der Waals surface area (Å²) < 4.78 is 0. The first-order valence-corrected chi connectivity index (χ1v) is 8.05. The molecule has 1 fully saturated rings. The maximum Gasteiger partial charge on any atom is 0.226 e. The van der Waals surface area contributed by atoms with Gasteiger partial charge in [-0.3, -0.25) is 4.79 Å². The first kappa shape index (κ1) is 14.5. The van der Waals surface area contributed by atoms with Crippen LogP contribution in [0.5, 0.6) is 0 Å². The van der Waals surface area contributed by atoms with Crippen molar-refractivity contribution in [1.82, 2.24) is 5.32 Å². The Morgan fingerprint density at radius 3 is 3.10 bits per heavy atom. The van der Waals surface area contributed by atoms with Gasteiger partial charge in [-0.1, -0.05) is 19.1 Å². The maximum absolute atomic E-state index is 12.1. The molecular formula is C17H24N2O2. The van der Waals surface area contributed by atoms with E-state index in [1.54, 1.807) is 0 Å². The van der Waals surface area contributed by atoms with Gasteiger partial charge in [-0.15, -0.1) is 0 Å². The number of anilines is 1. The van der Waals surface area contributed by atoms with Crippen LogP contribution in [0.2, 0.25) is 0 Å². The van der Waals surface area contributed by atoms with E-state index < -0.39 is 6.10 Å². The molecule has 1 aromatic rings. The van der Waals surface area contributed by atoms with Crippen molar-refractivity contribution in [3.8, 4) is 0 Å². The van der Waals surface area contributed by atoms with Gasteiger partial charge in [-0.2, -0.15) is 0 Å². The molecule has 1 amide bonds. The summed E-state index contributed by atoms with van der Waals surface area (Å²) in [5.74, 6) is 0.210. The molecule has 2 N–H and O–H groups in total. The van der Waals surface area contributed by atoms with Gasteiger partial charge in [-0.05, 0) is 49.4 Å². The van der Waals surface area contributed by atoms with Crippen LogP contribution in [-0.4, -0.2) is 30.1 Å². The summed E-state index contributed by atoms with van der Waals surface area (Å²) in [6, 6.07) is 6.23. The van der Waals surface area contributed by atoms with E-state index in [1.807, 2.05) is 24.0 Å². The first-order chi connectivity index (χ1) is 10.2. The molecule has 1 saturated heterocycles. The molecule has 0 aliphatic carbocycles. The smallest absolute Gasteiger partial charge is 0.226 e. The third kappa shape index (κ3) is 2.83. The van der Waals surface area contributed by atoms with Gasteiger partial charge in [0.25, 0.3) is 0 Å². The molecule has 2 unspecified atom stereocenters. The number of carbonyl (C=O) groups excluding carboxylic acids is 1. The number of aliphatic hydroxyl groups excluding tert-OH is 1. The van der Waals surface area contributed by atoms with Crippen LogP contribution in [0.1, 0.15) is 49.8 Å². The quantitative estimate of drug-likeness (QED) is 0.892. The van der Waals surface area contributed by atoms with E-state index in [2.05, 4.69) is 11.4 Å². The molecule has 2 heterocycles. The minimum Gasteiger partial charge on any atom is -0.387 e. The topological polar surface area (TPSA) is 52.6 Å². The summed E-state index contributed by atoms with van der Waals surface area (Å²) in [4.78, 5) is 14.0. The Morgan fingerprint density at radius 2 is 2.38 bits per heavy atom. The number of benzene rings is 1. The number of amides is 1. The van der Waals surface area contributed by atoms with Crippen molar-refractivity contribution in [3.05, 3.63) is 29.3 Å². The van der Waals surface area contributed by atoms with Gasteiger partial charge in [0.05, 0.1) is 6.10 Å². The molecule has 4 nitrogen and oxygen atoms in total. The Labute approximate surface area is 126 Å². The van der Waals surface area contributed by atoms with E-state index in [9.17, 15) is 9.90 Å². The van der Waals surface area contributed by atoms with Crippen LogP contribution in [-0.2, 0) is 11.2 Å². The largest absolute Gasteiger partial charge is 0.387 e. The van der Waals surface area contributed by atoms with Crippen molar-refractivity contribution in [2.24, 2.45) is 0 Å². The number of rotatable bonds is 4. The zero-order valence-corrected chi connectivity index (χ0v) is 12.6. The van der Waals surface area contributed by atoms with E-state index in [1.165, 1.54) is 5.56 Å². The summed E-state index contributed by atoms with van der Waals surface area (Å²) in [6.45, 7) is 3.80. The Morgan fingerprint density at radius 1 is 1.52 bits per heavy atom. The molecule has 3 rings (SSSR count). The fraction of sp³-hybridized carbons (Fsp3) is 0.588. The Kier molecular flexibility index (Phi) is 4.27. The van der Waals surface area contributed by atoms with Crippen LogP contribution in [0.25, 0.3) is 0 Å². The van der Waals surface area contributed by atoms with Crippen molar-refractivity contribution >= 4 is 11.6 Å². The van der Waals surface area contributed by atoms with Gasteiger partial charge in [0, 0.05) is 24.7 Å². The number of nitrogens with zero attached hydrogens (tertiary/aromatic N) is 1. The van der Waals surface area contributed by atoms with Crippen LogP contribution in [0.4, 0.5) is 5.69 Å². The van der Waals surface area contributed by atoms with Gasteiger partial charge < -0.3 is 15.3 Å². The standard InChI is InChI=1S/C17H24N2O2/c1-2-4-16(20)19-10-8-12-11-13(6-7-15(12)19)17(21)14-5-3-9-18-14/h6-7,11,14,17-18,21H,2-5,8-10H2,1H3. The van der Waals surface area contributed by atoms with E-state index >= 15 is 0 Å². The second-order valence-corrected chi connectivity index (χ2v) is 6.08. The molecule has 0 saturated carbocycles. The van der Waals surface area contributed by atoms with Crippen molar-refractivity contribution < 1.29 is 9.90 Å². The first-order valence-electron chi connectivity index (χ1n) is 8.05. The summed E-state index contributed by atoms with van der Waals surface area (Å²) in [7, 11) is 0. The SMILES string of the molecule is CCCC(=O)N1CCc2cc(C(O)C3CCCN3)ccc21. The lowest BCUT2D eigenvalue weighted by Gasteiger charge is -2.21. The van der Waals surface area contributed by atoms with Crippen LogP contribution >= 0.6 is 0 Å². The van der Waals surface area contributed by atoms with E-state index in [4.69, 9.17) is 0 Å². The molecule has 4 heteroatoms. The lowest BCUT2D eigenvalue weighted by atomic mass is 9.98. The molecule has 2 atom stereocenters. The minimum atomic E-state index is -0.446.